The van der Waals surface area contributed by atoms with Gasteiger partial charge >= 0.3 is 5.69 Å². The lowest BCUT2D eigenvalue weighted by molar-refractivity contribution is -0.116. The highest BCUT2D eigenvalue weighted by Crippen LogP contribution is 2.20. The minimum atomic E-state index is -1.27. The first-order valence-corrected chi connectivity index (χ1v) is 7.53. The molecule has 0 aliphatic heterocycles. The van der Waals surface area contributed by atoms with Crippen LogP contribution in [0.1, 0.15) is 5.69 Å². The van der Waals surface area contributed by atoms with Gasteiger partial charge in [-0.1, -0.05) is 0 Å². The summed E-state index contributed by atoms with van der Waals surface area (Å²) in [4.78, 5) is 36.5. The molecule has 0 radical (unpaired) electrons. The van der Waals surface area contributed by atoms with Gasteiger partial charge in [-0.2, -0.15) is 14.8 Å². The van der Waals surface area contributed by atoms with Gasteiger partial charge in [0, 0.05) is 12.1 Å². The van der Waals surface area contributed by atoms with Gasteiger partial charge in [0.05, 0.1) is 6.20 Å². The van der Waals surface area contributed by atoms with Crippen LogP contribution in [0.5, 0.6) is 0 Å². The van der Waals surface area contributed by atoms with E-state index in [0.29, 0.717) is 16.8 Å². The second kappa shape index (κ2) is 7.23. The number of amides is 1. The number of benzene rings is 1. The summed E-state index contributed by atoms with van der Waals surface area (Å²) < 4.78 is 41.9. The number of anilines is 1. The topological polar surface area (TPSA) is 126 Å². The van der Waals surface area contributed by atoms with Gasteiger partial charge in [0.15, 0.2) is 11.5 Å². The largest absolute Gasteiger partial charge is 0.328 e. The summed E-state index contributed by atoms with van der Waals surface area (Å²) in [5, 5.41) is 15.1. The van der Waals surface area contributed by atoms with Crippen molar-refractivity contribution in [3.8, 4) is 11.8 Å². The lowest BCUT2D eigenvalue weighted by Gasteiger charge is -2.10. The molecule has 3 aromatic rings. The van der Waals surface area contributed by atoms with Crippen molar-refractivity contribution in [3.05, 3.63) is 74.4 Å². The lowest BCUT2D eigenvalue weighted by Crippen LogP contribution is -2.34. The van der Waals surface area contributed by atoms with E-state index in [-0.39, 0.29) is 17.2 Å². The normalized spacial score (nSPS) is 10.5. The summed E-state index contributed by atoms with van der Waals surface area (Å²) in [7, 11) is 0. The zero-order valence-electron chi connectivity index (χ0n) is 13.7. The van der Waals surface area contributed by atoms with Crippen molar-refractivity contribution in [2.75, 3.05) is 5.32 Å². The van der Waals surface area contributed by atoms with Gasteiger partial charge in [-0.05, 0) is 12.1 Å². The van der Waals surface area contributed by atoms with Gasteiger partial charge in [0.2, 0.25) is 11.7 Å². The zero-order chi connectivity index (χ0) is 20.4. The van der Waals surface area contributed by atoms with Crippen LogP contribution in [-0.4, -0.2) is 25.2 Å². The molecule has 0 aliphatic carbocycles. The maximum atomic E-state index is 14.0. The third kappa shape index (κ3) is 3.68. The fourth-order valence-electron chi connectivity index (χ4n) is 2.30. The summed E-state index contributed by atoms with van der Waals surface area (Å²) in [5.74, 6) is -4.11. The Bertz CT molecular complexity index is 1240. The molecular weight excluding hydrogens is 381 g/mol. The smallest absolute Gasteiger partial charge is 0.309 e. The molecule has 0 atom stereocenters. The van der Waals surface area contributed by atoms with Crippen LogP contribution >= 0.6 is 0 Å². The second-order valence-electron chi connectivity index (χ2n) is 5.45. The van der Waals surface area contributed by atoms with Crippen molar-refractivity contribution < 1.29 is 18.0 Å². The number of carbonyl (C=O) groups excluding carboxylic acids is 1. The van der Waals surface area contributed by atoms with Gasteiger partial charge in [-0.15, -0.1) is 0 Å². The monoisotopic (exact) mass is 390 g/mol. The quantitative estimate of drug-likeness (QED) is 0.677. The van der Waals surface area contributed by atoms with E-state index in [1.54, 1.807) is 11.1 Å². The van der Waals surface area contributed by atoms with Crippen LogP contribution in [-0.2, 0) is 11.3 Å². The Kier molecular flexibility index (Phi) is 4.82. The molecule has 9 nitrogen and oxygen atoms in total. The summed E-state index contributed by atoms with van der Waals surface area (Å²) in [6, 6.07) is 5.44. The highest BCUT2D eigenvalue weighted by molar-refractivity contribution is 5.90. The molecule has 12 heteroatoms. The fourth-order valence-corrected chi connectivity index (χ4v) is 2.30. The molecule has 28 heavy (non-hydrogen) atoms. The number of nitrogens with one attached hydrogen (secondary N) is 2. The molecular formula is C16H9F3N6O3. The van der Waals surface area contributed by atoms with E-state index >= 15 is 0 Å². The average Bonchev–Trinajstić information content (AvgIpc) is 3.02. The molecule has 2 N–H and O–H groups in total. The van der Waals surface area contributed by atoms with E-state index in [1.165, 1.54) is 0 Å². The molecule has 2 heterocycles. The predicted molar refractivity (Wildman–Crippen MR) is 88.1 cm³/mol. The van der Waals surface area contributed by atoms with E-state index in [0.717, 1.165) is 22.9 Å². The van der Waals surface area contributed by atoms with Gasteiger partial charge < -0.3 is 5.32 Å². The van der Waals surface area contributed by atoms with Crippen molar-refractivity contribution in [2.24, 2.45) is 0 Å². The van der Waals surface area contributed by atoms with Gasteiger partial charge in [0.1, 0.15) is 29.9 Å². The number of halogens is 3. The number of hydrogen-bond acceptors (Lipinski definition) is 5. The molecule has 0 saturated heterocycles. The molecule has 0 fully saturated rings. The van der Waals surface area contributed by atoms with Crippen molar-refractivity contribution in [1.82, 2.24) is 19.3 Å². The van der Waals surface area contributed by atoms with E-state index in [9.17, 15) is 27.6 Å². The van der Waals surface area contributed by atoms with Crippen LogP contribution in [0.4, 0.5) is 19.0 Å². The van der Waals surface area contributed by atoms with Crippen LogP contribution in [0.15, 0.2) is 40.1 Å². The Morgan fingerprint density at radius 2 is 1.96 bits per heavy atom. The van der Waals surface area contributed by atoms with Crippen LogP contribution in [0, 0.1) is 28.8 Å². The fraction of sp³-hybridized carbons (Fsp3) is 0.0625. The molecule has 0 saturated carbocycles. The van der Waals surface area contributed by atoms with Crippen molar-refractivity contribution in [2.45, 2.75) is 6.54 Å². The Morgan fingerprint density at radius 1 is 1.21 bits per heavy atom. The number of nitrogens with zero attached hydrogens (tertiary/aromatic N) is 4. The van der Waals surface area contributed by atoms with Crippen LogP contribution in [0.3, 0.4) is 0 Å². The molecule has 1 aromatic carbocycles. The highest BCUT2D eigenvalue weighted by Gasteiger charge is 2.17. The van der Waals surface area contributed by atoms with E-state index in [2.05, 4.69) is 10.4 Å². The second-order valence-corrected chi connectivity index (χ2v) is 5.45. The zero-order valence-corrected chi connectivity index (χ0v) is 13.7. The molecule has 2 aromatic heterocycles. The van der Waals surface area contributed by atoms with Crippen LogP contribution in [0.25, 0.3) is 5.69 Å². The highest BCUT2D eigenvalue weighted by atomic mass is 19.1. The third-order valence-corrected chi connectivity index (χ3v) is 3.51. The molecule has 1 amide bonds. The maximum Gasteiger partial charge on any atom is 0.328 e. The number of H-pyrrole nitrogens is 1. The summed E-state index contributed by atoms with van der Waals surface area (Å²) in [6.07, 6.45) is 0.554. The number of aromatic amines is 1. The first kappa shape index (κ1) is 18.6. The maximum absolute atomic E-state index is 14.0. The predicted octanol–water partition coefficient (Wildman–Crippen LogP) is 0.650. The van der Waals surface area contributed by atoms with Gasteiger partial charge in [0.25, 0.3) is 5.56 Å². The van der Waals surface area contributed by atoms with Gasteiger partial charge in [-0.3, -0.25) is 19.1 Å². The molecule has 0 bridgehead atoms. The SMILES string of the molecule is N#Cc1cc(NC(=O)Cn2cc(F)c(=O)[nH]c2=O)n(-c2ccc(F)cc2F)n1. The number of nitriles is 1. The lowest BCUT2D eigenvalue weighted by atomic mass is 10.3. The molecule has 0 spiro atoms. The first-order valence-electron chi connectivity index (χ1n) is 7.53. The molecule has 0 aliphatic rings. The number of aromatic nitrogens is 4. The van der Waals surface area contributed by atoms with Crippen LogP contribution in [0.2, 0.25) is 0 Å². The van der Waals surface area contributed by atoms with Gasteiger partial charge in [-0.25, -0.2) is 18.3 Å². The minimum absolute atomic E-state index is 0.148. The van der Waals surface area contributed by atoms with Crippen molar-refractivity contribution in [3.63, 3.8) is 0 Å². The number of hydrogen-bond donors (Lipinski definition) is 2. The Balaban J connectivity index is 1.92. The summed E-state index contributed by atoms with van der Waals surface area (Å²) in [5.41, 5.74) is -2.67. The Labute approximate surface area is 153 Å². The Morgan fingerprint density at radius 3 is 2.64 bits per heavy atom. The first-order chi connectivity index (χ1) is 13.3. The summed E-state index contributed by atoms with van der Waals surface area (Å²) >= 11 is 0. The van der Waals surface area contributed by atoms with E-state index in [4.69, 9.17) is 5.26 Å². The van der Waals surface area contributed by atoms with Crippen LogP contribution < -0.4 is 16.6 Å². The Hall–Kier alpha value is -4.14. The van der Waals surface area contributed by atoms with Crippen molar-refractivity contribution in [1.29, 1.82) is 5.26 Å². The molecule has 0 unspecified atom stereocenters. The molecule has 3 rings (SSSR count). The van der Waals surface area contributed by atoms with Crippen molar-refractivity contribution >= 4 is 11.7 Å². The molecule has 142 valence electrons. The number of carbonyl (C=O) groups is 1. The third-order valence-electron chi connectivity index (χ3n) is 3.51. The van der Waals surface area contributed by atoms with E-state index < -0.39 is 41.2 Å². The minimum Gasteiger partial charge on any atom is -0.309 e. The standard InChI is InChI=1S/C16H9F3N6O3/c17-8-1-2-12(10(18)3-8)25-13(4-9(5-20)23-25)21-14(26)7-24-6-11(19)15(27)22-16(24)28/h1-4,6H,7H2,(H,21,26)(H,22,27,28). The van der Waals surface area contributed by atoms with E-state index in [1.807, 2.05) is 0 Å². The average molecular weight is 390 g/mol. The summed E-state index contributed by atoms with van der Waals surface area (Å²) in [6.45, 7) is -0.689. The number of rotatable bonds is 4.